The van der Waals surface area contributed by atoms with Gasteiger partial charge < -0.3 is 4.74 Å². The number of benzene rings is 3. The number of carbonyl (C=O) groups excluding carboxylic acids is 2. The molecule has 1 aliphatic heterocycles. The molecule has 1 amide bonds. The Morgan fingerprint density at radius 2 is 1.45 bits per heavy atom. The Hall–Kier alpha value is -3.73. The van der Waals surface area contributed by atoms with Crippen molar-refractivity contribution in [2.24, 2.45) is 5.10 Å². The standard InChI is InChI=1S/C24H20N2O3/c1-2-24(20-16-10-5-11-17-20)23(28)29-21(18-12-6-3-7-13-18)25-26(24)22(27)19-14-8-4-9-15-19/h3-17H,2H2,1H3/t24-/m1/s1. The molecule has 0 spiro atoms. The van der Waals surface area contributed by atoms with Crippen LogP contribution in [0.2, 0.25) is 0 Å². The summed E-state index contributed by atoms with van der Waals surface area (Å²) in [5.41, 5.74) is 0.399. The Balaban J connectivity index is 1.91. The lowest BCUT2D eigenvalue weighted by molar-refractivity contribution is -0.152. The second kappa shape index (κ2) is 7.72. The fourth-order valence-corrected chi connectivity index (χ4v) is 3.53. The zero-order valence-corrected chi connectivity index (χ0v) is 16.0. The van der Waals surface area contributed by atoms with Crippen molar-refractivity contribution >= 4 is 17.8 Å². The third kappa shape index (κ3) is 3.21. The number of carbonyl (C=O) groups is 2. The van der Waals surface area contributed by atoms with Gasteiger partial charge in [-0.2, -0.15) is 0 Å². The van der Waals surface area contributed by atoms with E-state index in [4.69, 9.17) is 4.74 Å². The highest BCUT2D eigenvalue weighted by Gasteiger charge is 2.52. The predicted octanol–water partition coefficient (Wildman–Crippen LogP) is 4.35. The molecule has 1 aliphatic rings. The van der Waals surface area contributed by atoms with Gasteiger partial charge in [-0.1, -0.05) is 73.7 Å². The third-order valence-electron chi connectivity index (χ3n) is 5.08. The monoisotopic (exact) mass is 384 g/mol. The van der Waals surface area contributed by atoms with Crippen LogP contribution >= 0.6 is 0 Å². The van der Waals surface area contributed by atoms with Gasteiger partial charge in [-0.25, -0.2) is 9.80 Å². The third-order valence-corrected chi connectivity index (χ3v) is 5.08. The highest BCUT2D eigenvalue weighted by Crippen LogP contribution is 2.38. The van der Waals surface area contributed by atoms with Crippen LogP contribution in [0.1, 0.15) is 34.8 Å². The minimum atomic E-state index is -1.34. The number of hydrogen-bond acceptors (Lipinski definition) is 4. The van der Waals surface area contributed by atoms with Crippen molar-refractivity contribution in [3.05, 3.63) is 108 Å². The van der Waals surface area contributed by atoms with E-state index in [0.29, 0.717) is 23.1 Å². The van der Waals surface area contributed by atoms with Crippen LogP contribution in [0, 0.1) is 0 Å². The van der Waals surface area contributed by atoms with Gasteiger partial charge in [0.2, 0.25) is 5.90 Å². The summed E-state index contributed by atoms with van der Waals surface area (Å²) in [5.74, 6) is -0.773. The maximum atomic E-state index is 13.5. The van der Waals surface area contributed by atoms with Gasteiger partial charge in [0.05, 0.1) is 0 Å². The van der Waals surface area contributed by atoms with E-state index in [2.05, 4.69) is 5.10 Å². The highest BCUT2D eigenvalue weighted by atomic mass is 16.6. The van der Waals surface area contributed by atoms with Crippen molar-refractivity contribution in [1.82, 2.24) is 5.01 Å². The summed E-state index contributed by atoms with van der Waals surface area (Å²) in [5, 5.41) is 5.82. The Bertz CT molecular complexity index is 1050. The lowest BCUT2D eigenvalue weighted by Gasteiger charge is -2.41. The first-order valence-corrected chi connectivity index (χ1v) is 9.48. The second-order valence-electron chi connectivity index (χ2n) is 6.72. The molecule has 5 nitrogen and oxygen atoms in total. The SMILES string of the molecule is CC[C@@]1(c2ccccc2)C(=O)OC(c2ccccc2)=NN1C(=O)c1ccccc1. The number of cyclic esters (lactones) is 1. The number of amides is 1. The lowest BCUT2D eigenvalue weighted by Crippen LogP contribution is -2.56. The van der Waals surface area contributed by atoms with Gasteiger partial charge in [-0.05, 0) is 36.2 Å². The van der Waals surface area contributed by atoms with Crippen molar-refractivity contribution in [3.63, 3.8) is 0 Å². The first kappa shape index (κ1) is 18.6. The summed E-state index contributed by atoms with van der Waals surface area (Å²) in [6.45, 7) is 1.85. The van der Waals surface area contributed by atoms with Gasteiger partial charge in [0.1, 0.15) is 0 Å². The van der Waals surface area contributed by atoms with E-state index in [1.54, 1.807) is 36.4 Å². The van der Waals surface area contributed by atoms with Gasteiger partial charge >= 0.3 is 5.97 Å². The van der Waals surface area contributed by atoms with Crippen molar-refractivity contribution < 1.29 is 14.3 Å². The molecule has 0 radical (unpaired) electrons. The quantitative estimate of drug-likeness (QED) is 0.628. The van der Waals surface area contributed by atoms with Crippen LogP contribution in [0.15, 0.2) is 96.1 Å². The molecule has 0 fully saturated rings. The molecule has 0 unspecified atom stereocenters. The van der Waals surface area contributed by atoms with Crippen LogP contribution in [0.25, 0.3) is 0 Å². The summed E-state index contributed by atoms with van der Waals surface area (Å²) in [4.78, 5) is 26.9. The van der Waals surface area contributed by atoms with E-state index in [9.17, 15) is 9.59 Å². The van der Waals surface area contributed by atoms with Crippen LogP contribution in [0.4, 0.5) is 0 Å². The predicted molar refractivity (Wildman–Crippen MR) is 110 cm³/mol. The summed E-state index contributed by atoms with van der Waals surface area (Å²) >= 11 is 0. The molecule has 144 valence electrons. The van der Waals surface area contributed by atoms with Gasteiger partial charge in [-0.15, -0.1) is 5.10 Å². The fraction of sp³-hybridized carbons (Fsp3) is 0.125. The molecule has 5 heteroatoms. The number of hydrazone groups is 1. The van der Waals surface area contributed by atoms with Crippen molar-refractivity contribution in [2.45, 2.75) is 18.9 Å². The lowest BCUT2D eigenvalue weighted by atomic mass is 9.85. The van der Waals surface area contributed by atoms with Crippen LogP contribution < -0.4 is 0 Å². The van der Waals surface area contributed by atoms with Gasteiger partial charge in [0, 0.05) is 11.1 Å². The topological polar surface area (TPSA) is 59.0 Å². The van der Waals surface area contributed by atoms with Crippen LogP contribution in [-0.2, 0) is 15.1 Å². The summed E-state index contributed by atoms with van der Waals surface area (Å²) in [6.07, 6.45) is 0.319. The van der Waals surface area contributed by atoms with Crippen LogP contribution in [0.3, 0.4) is 0 Å². The van der Waals surface area contributed by atoms with E-state index < -0.39 is 11.5 Å². The van der Waals surface area contributed by atoms with Crippen molar-refractivity contribution in [1.29, 1.82) is 0 Å². The molecular weight excluding hydrogens is 364 g/mol. The summed E-state index contributed by atoms with van der Waals surface area (Å²) < 4.78 is 5.67. The Labute approximate surface area is 169 Å². The molecule has 0 N–H and O–H groups in total. The zero-order valence-electron chi connectivity index (χ0n) is 16.0. The second-order valence-corrected chi connectivity index (χ2v) is 6.72. The summed E-state index contributed by atoms with van der Waals surface area (Å²) in [6, 6.07) is 27.1. The zero-order chi connectivity index (χ0) is 20.3. The molecule has 0 aliphatic carbocycles. The average molecular weight is 384 g/mol. The van der Waals surface area contributed by atoms with E-state index >= 15 is 0 Å². The molecule has 0 saturated heterocycles. The molecule has 3 aromatic carbocycles. The molecular formula is C24H20N2O3. The highest BCUT2D eigenvalue weighted by molar-refractivity contribution is 6.08. The number of ether oxygens (including phenoxy) is 1. The first-order valence-electron chi connectivity index (χ1n) is 9.48. The summed E-state index contributed by atoms with van der Waals surface area (Å²) in [7, 11) is 0. The minimum Gasteiger partial charge on any atom is -0.403 e. The van der Waals surface area contributed by atoms with Crippen LogP contribution in [-0.4, -0.2) is 22.8 Å². The molecule has 29 heavy (non-hydrogen) atoms. The number of hydrogen-bond donors (Lipinski definition) is 0. The fourth-order valence-electron chi connectivity index (χ4n) is 3.53. The number of esters is 1. The molecule has 4 rings (SSSR count). The maximum Gasteiger partial charge on any atom is 0.345 e. The van der Waals surface area contributed by atoms with E-state index in [1.165, 1.54) is 5.01 Å². The molecule has 1 heterocycles. The average Bonchev–Trinajstić information content (AvgIpc) is 2.80. The molecule has 0 aromatic heterocycles. The van der Waals surface area contributed by atoms with Gasteiger partial charge in [0.25, 0.3) is 5.91 Å². The van der Waals surface area contributed by atoms with E-state index in [-0.39, 0.29) is 11.8 Å². The number of rotatable bonds is 4. The smallest absolute Gasteiger partial charge is 0.345 e. The first-order chi connectivity index (χ1) is 14.2. The maximum absolute atomic E-state index is 13.5. The molecule has 0 bridgehead atoms. The van der Waals surface area contributed by atoms with E-state index in [0.717, 1.165) is 0 Å². The Kier molecular flexibility index (Phi) is 4.96. The Morgan fingerprint density at radius 1 is 0.897 bits per heavy atom. The van der Waals surface area contributed by atoms with E-state index in [1.807, 2.05) is 61.5 Å². The Morgan fingerprint density at radius 3 is 2.03 bits per heavy atom. The normalized spacial score (nSPS) is 18.7. The van der Waals surface area contributed by atoms with Crippen molar-refractivity contribution in [3.8, 4) is 0 Å². The number of nitrogens with zero attached hydrogens (tertiary/aromatic N) is 2. The molecule has 0 saturated carbocycles. The molecule has 1 atom stereocenters. The minimum absolute atomic E-state index is 0.111. The van der Waals surface area contributed by atoms with Crippen molar-refractivity contribution in [2.75, 3.05) is 0 Å². The van der Waals surface area contributed by atoms with Gasteiger partial charge in [0.15, 0.2) is 5.54 Å². The van der Waals surface area contributed by atoms with Crippen LogP contribution in [0.5, 0.6) is 0 Å². The molecule has 3 aromatic rings. The largest absolute Gasteiger partial charge is 0.403 e. The van der Waals surface area contributed by atoms with Gasteiger partial charge in [-0.3, -0.25) is 4.79 Å².